The van der Waals surface area contributed by atoms with E-state index in [9.17, 15) is 9.59 Å². The van der Waals surface area contributed by atoms with Crippen molar-refractivity contribution in [2.75, 3.05) is 5.01 Å². The first-order chi connectivity index (χ1) is 13.9. The highest BCUT2D eigenvalue weighted by atomic mass is 79.9. The van der Waals surface area contributed by atoms with Gasteiger partial charge in [-0.05, 0) is 55.5 Å². The van der Waals surface area contributed by atoms with Crippen LogP contribution in [0.25, 0.3) is 17.4 Å². The fourth-order valence-corrected chi connectivity index (χ4v) is 3.24. The molecular formula is C22H15BrN2O4. The molecule has 0 atom stereocenters. The molecule has 0 bridgehead atoms. The number of hydrazone groups is 1. The molecule has 1 aromatic heterocycles. The molecule has 144 valence electrons. The summed E-state index contributed by atoms with van der Waals surface area (Å²) in [6.07, 6.45) is 1.64. The third-order valence-electron chi connectivity index (χ3n) is 4.44. The zero-order chi connectivity index (χ0) is 20.5. The molecule has 0 saturated heterocycles. The summed E-state index contributed by atoms with van der Waals surface area (Å²) in [5.74, 6) is -0.185. The van der Waals surface area contributed by atoms with Gasteiger partial charge in [0.05, 0.1) is 22.5 Å². The number of nitrogens with zero attached hydrogens (tertiary/aromatic N) is 2. The summed E-state index contributed by atoms with van der Waals surface area (Å²) in [5.41, 5.74) is 2.33. The quantitative estimate of drug-likeness (QED) is 0.552. The second kappa shape index (κ2) is 7.52. The Labute approximate surface area is 174 Å². The predicted octanol–water partition coefficient (Wildman–Crippen LogP) is 5.21. The molecule has 1 amide bonds. The maximum atomic E-state index is 12.9. The number of aromatic carboxylic acids is 1. The van der Waals surface area contributed by atoms with E-state index in [2.05, 4.69) is 21.0 Å². The fourth-order valence-electron chi connectivity index (χ4n) is 2.97. The smallest absolute Gasteiger partial charge is 0.335 e. The molecule has 0 radical (unpaired) electrons. The molecule has 2 heterocycles. The van der Waals surface area contributed by atoms with Crippen molar-refractivity contribution >= 4 is 45.3 Å². The van der Waals surface area contributed by atoms with E-state index >= 15 is 0 Å². The van der Waals surface area contributed by atoms with Crippen molar-refractivity contribution in [3.8, 4) is 11.3 Å². The zero-order valence-corrected chi connectivity index (χ0v) is 16.9. The van der Waals surface area contributed by atoms with E-state index in [1.165, 1.54) is 17.1 Å². The molecule has 0 fully saturated rings. The van der Waals surface area contributed by atoms with E-state index in [4.69, 9.17) is 9.52 Å². The highest BCUT2D eigenvalue weighted by Gasteiger charge is 2.29. The van der Waals surface area contributed by atoms with Crippen molar-refractivity contribution in [1.82, 2.24) is 0 Å². The minimum Gasteiger partial charge on any atom is -0.478 e. The van der Waals surface area contributed by atoms with Crippen LogP contribution in [0.1, 0.15) is 23.0 Å². The highest BCUT2D eigenvalue weighted by Crippen LogP contribution is 2.28. The van der Waals surface area contributed by atoms with Crippen molar-refractivity contribution in [2.24, 2.45) is 5.10 Å². The lowest BCUT2D eigenvalue weighted by Crippen LogP contribution is -2.21. The lowest BCUT2D eigenvalue weighted by Gasteiger charge is -2.12. The molecule has 29 heavy (non-hydrogen) atoms. The minimum atomic E-state index is -1.06. The van der Waals surface area contributed by atoms with E-state index < -0.39 is 5.97 Å². The van der Waals surface area contributed by atoms with E-state index in [0.29, 0.717) is 28.5 Å². The summed E-state index contributed by atoms with van der Waals surface area (Å²) in [6.45, 7) is 1.73. The second-order valence-electron chi connectivity index (χ2n) is 6.42. The van der Waals surface area contributed by atoms with Crippen molar-refractivity contribution in [3.05, 3.63) is 82.0 Å². The highest BCUT2D eigenvalue weighted by molar-refractivity contribution is 9.10. The molecule has 1 aliphatic heterocycles. The summed E-state index contributed by atoms with van der Waals surface area (Å²) in [6, 6.07) is 17.5. The molecule has 7 heteroatoms. The third kappa shape index (κ3) is 3.77. The van der Waals surface area contributed by atoms with Gasteiger partial charge in [-0.2, -0.15) is 10.1 Å². The largest absolute Gasteiger partial charge is 0.478 e. The van der Waals surface area contributed by atoms with Crippen LogP contribution in [0.15, 0.2) is 80.2 Å². The summed E-state index contributed by atoms with van der Waals surface area (Å²) in [5, 5.41) is 14.6. The number of anilines is 1. The number of carboxylic acids is 1. The van der Waals surface area contributed by atoms with E-state index in [1.807, 2.05) is 30.3 Å². The van der Waals surface area contributed by atoms with Crippen LogP contribution in [0.4, 0.5) is 5.69 Å². The lowest BCUT2D eigenvalue weighted by atomic mass is 10.1. The van der Waals surface area contributed by atoms with Crippen molar-refractivity contribution in [3.63, 3.8) is 0 Å². The maximum Gasteiger partial charge on any atom is 0.335 e. The van der Waals surface area contributed by atoms with Gasteiger partial charge in [0.15, 0.2) is 0 Å². The minimum absolute atomic E-state index is 0.0887. The zero-order valence-electron chi connectivity index (χ0n) is 15.3. The lowest BCUT2D eigenvalue weighted by molar-refractivity contribution is -0.114. The summed E-state index contributed by atoms with van der Waals surface area (Å²) in [4.78, 5) is 24.1. The molecule has 0 aliphatic carbocycles. The molecule has 0 unspecified atom stereocenters. The van der Waals surface area contributed by atoms with Crippen LogP contribution in [0.5, 0.6) is 0 Å². The normalized spacial score (nSPS) is 15.1. The molecule has 2 aromatic carbocycles. The van der Waals surface area contributed by atoms with Crippen molar-refractivity contribution in [1.29, 1.82) is 0 Å². The third-order valence-corrected chi connectivity index (χ3v) is 4.97. The van der Waals surface area contributed by atoms with Gasteiger partial charge < -0.3 is 9.52 Å². The SMILES string of the molecule is CC1=NN(c2cccc(C(=O)O)c2)C(=O)/C1=C\c1ccc(-c2ccc(Br)cc2)o1. The van der Waals surface area contributed by atoms with Gasteiger partial charge in [-0.25, -0.2) is 4.79 Å². The standard InChI is InChI=1S/C22H15BrN2O4/c1-13-19(12-18-9-10-20(29-18)14-5-7-16(23)8-6-14)21(26)25(24-13)17-4-2-3-15(11-17)22(27)28/h2-12H,1H3,(H,27,28)/b19-12-. The number of furan rings is 1. The molecule has 1 aliphatic rings. The number of amides is 1. The topological polar surface area (TPSA) is 83.1 Å². The Hall–Kier alpha value is -3.45. The van der Waals surface area contributed by atoms with Gasteiger partial charge in [-0.3, -0.25) is 4.79 Å². The van der Waals surface area contributed by atoms with E-state index in [0.717, 1.165) is 10.0 Å². The van der Waals surface area contributed by atoms with Gasteiger partial charge in [-0.1, -0.05) is 34.1 Å². The summed E-state index contributed by atoms with van der Waals surface area (Å²) >= 11 is 3.40. The molecule has 1 N–H and O–H groups in total. The van der Waals surface area contributed by atoms with E-state index in [-0.39, 0.29) is 11.5 Å². The number of rotatable bonds is 4. The van der Waals surface area contributed by atoms with Gasteiger partial charge in [0.2, 0.25) is 0 Å². The Morgan fingerprint density at radius 1 is 1.14 bits per heavy atom. The first-order valence-electron chi connectivity index (χ1n) is 8.73. The first kappa shape index (κ1) is 18.9. The maximum absolute atomic E-state index is 12.9. The molecule has 0 spiro atoms. The molecule has 3 aromatic rings. The average Bonchev–Trinajstić information content (AvgIpc) is 3.29. The average molecular weight is 451 g/mol. The molecular weight excluding hydrogens is 436 g/mol. The number of carboxylic acid groups (broad SMARTS) is 1. The Kier molecular flexibility index (Phi) is 4.90. The van der Waals surface area contributed by atoms with Crippen molar-refractivity contribution in [2.45, 2.75) is 6.92 Å². The van der Waals surface area contributed by atoms with Crippen LogP contribution in [0.3, 0.4) is 0 Å². The second-order valence-corrected chi connectivity index (χ2v) is 7.34. The Balaban J connectivity index is 1.62. The Morgan fingerprint density at radius 2 is 1.90 bits per heavy atom. The molecule has 4 rings (SSSR count). The predicted molar refractivity (Wildman–Crippen MR) is 114 cm³/mol. The van der Waals surface area contributed by atoms with Gasteiger partial charge in [-0.15, -0.1) is 0 Å². The van der Waals surface area contributed by atoms with Crippen LogP contribution < -0.4 is 5.01 Å². The number of halogens is 1. The van der Waals surface area contributed by atoms with Gasteiger partial charge in [0, 0.05) is 10.0 Å². The summed E-state index contributed by atoms with van der Waals surface area (Å²) < 4.78 is 6.84. The number of carbonyl (C=O) groups excluding carboxylic acids is 1. The Bertz CT molecular complexity index is 1180. The van der Waals surface area contributed by atoms with Gasteiger partial charge in [0.25, 0.3) is 5.91 Å². The van der Waals surface area contributed by atoms with Gasteiger partial charge in [0.1, 0.15) is 11.5 Å². The molecule has 6 nitrogen and oxygen atoms in total. The van der Waals surface area contributed by atoms with Crippen LogP contribution >= 0.6 is 15.9 Å². The van der Waals surface area contributed by atoms with E-state index in [1.54, 1.807) is 31.2 Å². The van der Waals surface area contributed by atoms with Gasteiger partial charge >= 0.3 is 5.97 Å². The Morgan fingerprint density at radius 3 is 2.62 bits per heavy atom. The summed E-state index contributed by atoms with van der Waals surface area (Å²) in [7, 11) is 0. The van der Waals surface area contributed by atoms with Crippen LogP contribution in [-0.4, -0.2) is 22.7 Å². The van der Waals surface area contributed by atoms with Crippen LogP contribution in [-0.2, 0) is 4.79 Å². The number of hydrogen-bond donors (Lipinski definition) is 1. The monoisotopic (exact) mass is 450 g/mol. The first-order valence-corrected chi connectivity index (χ1v) is 9.52. The number of benzene rings is 2. The number of hydrogen-bond acceptors (Lipinski definition) is 4. The fraction of sp³-hybridized carbons (Fsp3) is 0.0455. The van der Waals surface area contributed by atoms with Crippen LogP contribution in [0, 0.1) is 0 Å². The number of carbonyl (C=O) groups is 2. The molecule has 0 saturated carbocycles. The van der Waals surface area contributed by atoms with Crippen molar-refractivity contribution < 1.29 is 19.1 Å². The van der Waals surface area contributed by atoms with Crippen LogP contribution in [0.2, 0.25) is 0 Å².